The molecular weight excluding hydrogens is 660 g/mol. The highest BCUT2D eigenvalue weighted by Crippen LogP contribution is 2.33. The SMILES string of the molecule is CC(C)(C)NC(=O)[C@@H](Cc1ccc(O)c(I)c1)NC(=O)[C@@H](Cc1cc(Cl)c(O)c(Cl)c1)NC(=O)OC(C)(C)C. The smallest absolute Gasteiger partial charge is 0.408 e. The van der Waals surface area contributed by atoms with Gasteiger partial charge in [-0.15, -0.1) is 0 Å². The van der Waals surface area contributed by atoms with Gasteiger partial charge in [0.05, 0.1) is 13.6 Å². The number of phenolic OH excluding ortho intramolecular Hbond substituents is 2. The van der Waals surface area contributed by atoms with Gasteiger partial charge in [-0.25, -0.2) is 4.79 Å². The van der Waals surface area contributed by atoms with Crippen molar-refractivity contribution in [2.24, 2.45) is 0 Å². The molecule has 0 aliphatic heterocycles. The van der Waals surface area contributed by atoms with Gasteiger partial charge in [0.1, 0.15) is 23.4 Å². The summed E-state index contributed by atoms with van der Waals surface area (Å²) in [6.07, 6.45) is -0.766. The summed E-state index contributed by atoms with van der Waals surface area (Å²) in [7, 11) is 0. The highest BCUT2D eigenvalue weighted by atomic mass is 127. The number of amides is 3. The number of hydrogen-bond acceptors (Lipinski definition) is 6. The van der Waals surface area contributed by atoms with E-state index in [0.717, 1.165) is 0 Å². The number of carbonyl (C=O) groups excluding carboxylic acids is 3. The first-order chi connectivity index (χ1) is 17.8. The van der Waals surface area contributed by atoms with Crippen LogP contribution in [0.5, 0.6) is 11.5 Å². The molecule has 2 atom stereocenters. The number of carbonyl (C=O) groups is 3. The van der Waals surface area contributed by atoms with Gasteiger partial charge in [0.2, 0.25) is 11.8 Å². The minimum atomic E-state index is -1.18. The Morgan fingerprint density at radius 2 is 1.41 bits per heavy atom. The van der Waals surface area contributed by atoms with E-state index in [-0.39, 0.29) is 34.4 Å². The van der Waals surface area contributed by atoms with Crippen molar-refractivity contribution in [1.82, 2.24) is 16.0 Å². The molecule has 0 aliphatic rings. The molecule has 9 nitrogen and oxygen atoms in total. The summed E-state index contributed by atoms with van der Waals surface area (Å²) in [6, 6.07) is 5.58. The topological polar surface area (TPSA) is 137 Å². The molecule has 12 heteroatoms. The van der Waals surface area contributed by atoms with Crippen molar-refractivity contribution in [2.75, 3.05) is 0 Å². The second-order valence-corrected chi connectivity index (χ2v) is 13.1. The van der Waals surface area contributed by atoms with Crippen LogP contribution in [-0.2, 0) is 27.2 Å². The largest absolute Gasteiger partial charge is 0.507 e. The molecule has 2 aromatic carbocycles. The zero-order valence-corrected chi connectivity index (χ0v) is 26.3. The Kier molecular flexibility index (Phi) is 11.2. The summed E-state index contributed by atoms with van der Waals surface area (Å²) in [6.45, 7) is 10.5. The Morgan fingerprint density at radius 1 is 0.872 bits per heavy atom. The average Bonchev–Trinajstić information content (AvgIpc) is 2.76. The van der Waals surface area contributed by atoms with Gasteiger partial charge >= 0.3 is 6.09 Å². The van der Waals surface area contributed by atoms with Crippen LogP contribution in [0.3, 0.4) is 0 Å². The summed E-state index contributed by atoms with van der Waals surface area (Å²) in [5.74, 6) is -1.27. The number of phenols is 2. The highest BCUT2D eigenvalue weighted by molar-refractivity contribution is 14.1. The molecule has 0 radical (unpaired) electrons. The van der Waals surface area contributed by atoms with Crippen molar-refractivity contribution in [2.45, 2.75) is 77.6 Å². The van der Waals surface area contributed by atoms with Crippen molar-refractivity contribution >= 4 is 63.7 Å². The maximum Gasteiger partial charge on any atom is 0.408 e. The number of nitrogens with one attached hydrogen (secondary N) is 3. The Hall–Kier alpha value is -2.44. The monoisotopic (exact) mass is 693 g/mol. The van der Waals surface area contributed by atoms with Crippen LogP contribution < -0.4 is 16.0 Å². The molecule has 2 rings (SSSR count). The van der Waals surface area contributed by atoms with Gasteiger partial charge in [0.25, 0.3) is 0 Å². The molecule has 0 aliphatic carbocycles. The minimum Gasteiger partial charge on any atom is -0.507 e. The third kappa shape index (κ3) is 10.9. The standard InChI is InChI=1S/C27H34Cl2IN3O6/c1-26(2,3)33-24(37)20(12-14-7-8-21(34)18(30)11-14)31-23(36)19(32-25(38)39-27(4,5)6)13-15-9-16(28)22(35)17(29)10-15/h7-11,19-20,34-35H,12-13H2,1-6H3,(H,31,36)(H,32,38)(H,33,37)/t19-,20-/m1/s1. The van der Waals surface area contributed by atoms with E-state index in [1.54, 1.807) is 32.9 Å². The van der Waals surface area contributed by atoms with Gasteiger partial charge in [-0.2, -0.15) is 0 Å². The molecule has 0 heterocycles. The first kappa shape index (κ1) is 32.8. The molecule has 214 valence electrons. The molecule has 0 saturated carbocycles. The van der Waals surface area contributed by atoms with E-state index in [9.17, 15) is 24.6 Å². The second kappa shape index (κ2) is 13.3. The highest BCUT2D eigenvalue weighted by Gasteiger charge is 2.30. The van der Waals surface area contributed by atoms with E-state index in [0.29, 0.717) is 14.7 Å². The molecule has 2 aromatic rings. The molecule has 0 aromatic heterocycles. The Labute approximate surface area is 252 Å². The maximum absolute atomic E-state index is 13.6. The molecule has 39 heavy (non-hydrogen) atoms. The van der Waals surface area contributed by atoms with E-state index >= 15 is 0 Å². The van der Waals surface area contributed by atoms with Crippen LogP contribution in [0.15, 0.2) is 30.3 Å². The third-order valence-electron chi connectivity index (χ3n) is 5.11. The Morgan fingerprint density at radius 3 is 1.92 bits per heavy atom. The van der Waals surface area contributed by atoms with Crippen molar-refractivity contribution in [3.63, 3.8) is 0 Å². The zero-order chi connectivity index (χ0) is 29.7. The maximum atomic E-state index is 13.6. The summed E-state index contributed by atoms with van der Waals surface area (Å²) >= 11 is 14.1. The van der Waals surface area contributed by atoms with Gasteiger partial charge in [-0.05, 0) is 99.5 Å². The lowest BCUT2D eigenvalue weighted by Gasteiger charge is -2.28. The van der Waals surface area contributed by atoms with Crippen LogP contribution in [0.25, 0.3) is 0 Å². The molecule has 0 bridgehead atoms. The molecular formula is C27H34Cl2IN3O6. The van der Waals surface area contributed by atoms with Gasteiger partial charge in [0.15, 0.2) is 5.75 Å². The fourth-order valence-electron chi connectivity index (χ4n) is 3.48. The number of ether oxygens (including phenoxy) is 1. The number of aromatic hydroxyl groups is 2. The minimum absolute atomic E-state index is 0.0155. The van der Waals surface area contributed by atoms with Gasteiger partial charge in [0, 0.05) is 18.4 Å². The number of rotatable bonds is 8. The van der Waals surface area contributed by atoms with Gasteiger partial charge in [-0.1, -0.05) is 29.3 Å². The predicted molar refractivity (Wildman–Crippen MR) is 159 cm³/mol. The lowest BCUT2D eigenvalue weighted by molar-refractivity contribution is -0.130. The van der Waals surface area contributed by atoms with Crippen LogP contribution in [-0.4, -0.2) is 51.3 Å². The zero-order valence-electron chi connectivity index (χ0n) is 22.6. The number of alkyl carbamates (subject to hydrolysis) is 1. The first-order valence-electron chi connectivity index (χ1n) is 12.1. The summed E-state index contributed by atoms with van der Waals surface area (Å²) in [5, 5.41) is 27.9. The normalized spacial score (nSPS) is 13.3. The first-order valence-corrected chi connectivity index (χ1v) is 13.9. The molecule has 5 N–H and O–H groups in total. The molecule has 0 saturated heterocycles. The van der Waals surface area contributed by atoms with Crippen molar-refractivity contribution in [1.29, 1.82) is 0 Å². The van der Waals surface area contributed by atoms with E-state index in [4.69, 9.17) is 27.9 Å². The predicted octanol–water partition coefficient (Wildman–Crippen LogP) is 5.09. The van der Waals surface area contributed by atoms with Crippen LogP contribution in [0.1, 0.15) is 52.7 Å². The van der Waals surface area contributed by atoms with E-state index in [2.05, 4.69) is 16.0 Å². The van der Waals surface area contributed by atoms with E-state index in [1.165, 1.54) is 18.2 Å². The summed E-state index contributed by atoms with van der Waals surface area (Å²) in [5.41, 5.74) is -0.221. The lowest BCUT2D eigenvalue weighted by Crippen LogP contribution is -2.57. The van der Waals surface area contributed by atoms with Crippen LogP contribution in [0.2, 0.25) is 10.0 Å². The van der Waals surface area contributed by atoms with Crippen LogP contribution in [0, 0.1) is 3.57 Å². The fourth-order valence-corrected chi connectivity index (χ4v) is 4.59. The molecule has 3 amide bonds. The van der Waals surface area contributed by atoms with Crippen LogP contribution in [0.4, 0.5) is 4.79 Å². The van der Waals surface area contributed by atoms with Crippen molar-refractivity contribution in [3.8, 4) is 11.5 Å². The Bertz CT molecular complexity index is 1200. The Balaban J connectivity index is 2.39. The molecule has 0 spiro atoms. The summed E-state index contributed by atoms with van der Waals surface area (Å²) < 4.78 is 5.93. The average molecular weight is 694 g/mol. The van der Waals surface area contributed by atoms with Crippen molar-refractivity contribution < 1.29 is 29.3 Å². The number of hydrogen-bond donors (Lipinski definition) is 5. The van der Waals surface area contributed by atoms with Crippen LogP contribution >= 0.6 is 45.8 Å². The van der Waals surface area contributed by atoms with Crippen molar-refractivity contribution in [3.05, 3.63) is 55.1 Å². The molecule has 0 fully saturated rings. The van der Waals surface area contributed by atoms with Gasteiger partial charge in [-0.3, -0.25) is 9.59 Å². The fraction of sp³-hybridized carbons (Fsp3) is 0.444. The third-order valence-corrected chi connectivity index (χ3v) is 6.55. The summed E-state index contributed by atoms with van der Waals surface area (Å²) in [4.78, 5) is 39.4. The number of benzene rings is 2. The molecule has 0 unspecified atom stereocenters. The van der Waals surface area contributed by atoms with Gasteiger partial charge < -0.3 is 30.9 Å². The van der Waals surface area contributed by atoms with E-state index in [1.807, 2.05) is 43.4 Å². The van der Waals surface area contributed by atoms with E-state index < -0.39 is 41.1 Å². The number of halogens is 3. The quantitative estimate of drug-likeness (QED) is 0.245. The lowest BCUT2D eigenvalue weighted by atomic mass is 10.0. The second-order valence-electron chi connectivity index (χ2n) is 11.1.